The van der Waals surface area contributed by atoms with E-state index in [-0.39, 0.29) is 0 Å². The molecule has 1 aromatic carbocycles. The molecule has 0 saturated carbocycles. The third kappa shape index (κ3) is 3.14. The zero-order valence-electron chi connectivity index (χ0n) is 11.9. The van der Waals surface area contributed by atoms with Crippen molar-refractivity contribution in [3.05, 3.63) is 46.2 Å². The molecule has 4 nitrogen and oxygen atoms in total. The van der Waals surface area contributed by atoms with E-state index in [1.165, 1.54) is 0 Å². The molecular weight excluding hydrogens is 276 g/mol. The van der Waals surface area contributed by atoms with Gasteiger partial charge in [-0.1, -0.05) is 23.7 Å². The lowest BCUT2D eigenvalue weighted by Gasteiger charge is -2.10. The fraction of sp³-hybridized carbons (Fsp3) is 0.400. The molecule has 0 amide bonds. The SMILES string of the molecule is CCn1nc(C)c(Cl)c1COc1cccc([C@@H](C)O)c1. The topological polar surface area (TPSA) is 47.3 Å². The van der Waals surface area contributed by atoms with Crippen molar-refractivity contribution < 1.29 is 9.84 Å². The van der Waals surface area contributed by atoms with Crippen LogP contribution in [0.2, 0.25) is 5.02 Å². The molecule has 0 radical (unpaired) electrons. The van der Waals surface area contributed by atoms with Gasteiger partial charge in [0.05, 0.1) is 22.5 Å². The molecule has 1 N–H and O–H groups in total. The number of aryl methyl sites for hydroxylation is 2. The van der Waals surface area contributed by atoms with Crippen LogP contribution < -0.4 is 4.74 Å². The Morgan fingerprint density at radius 2 is 2.20 bits per heavy atom. The van der Waals surface area contributed by atoms with Gasteiger partial charge in [-0.2, -0.15) is 5.10 Å². The predicted octanol–water partition coefficient (Wildman–Crippen LogP) is 3.50. The third-order valence-electron chi connectivity index (χ3n) is 3.17. The van der Waals surface area contributed by atoms with Crippen molar-refractivity contribution in [3.63, 3.8) is 0 Å². The Morgan fingerprint density at radius 3 is 2.85 bits per heavy atom. The third-order valence-corrected chi connectivity index (χ3v) is 3.66. The highest BCUT2D eigenvalue weighted by Crippen LogP contribution is 2.24. The lowest BCUT2D eigenvalue weighted by atomic mass is 10.1. The van der Waals surface area contributed by atoms with Gasteiger partial charge in [0, 0.05) is 6.54 Å². The number of aliphatic hydroxyl groups excluding tert-OH is 1. The second-order valence-electron chi connectivity index (χ2n) is 4.70. The largest absolute Gasteiger partial charge is 0.487 e. The molecule has 0 aliphatic rings. The Hall–Kier alpha value is -1.52. The monoisotopic (exact) mass is 294 g/mol. The van der Waals surface area contributed by atoms with Gasteiger partial charge < -0.3 is 9.84 Å². The number of benzene rings is 1. The summed E-state index contributed by atoms with van der Waals surface area (Å²) in [7, 11) is 0. The van der Waals surface area contributed by atoms with Crippen LogP contribution in [0.5, 0.6) is 5.75 Å². The molecule has 20 heavy (non-hydrogen) atoms. The molecule has 1 atom stereocenters. The summed E-state index contributed by atoms with van der Waals surface area (Å²) in [5, 5.41) is 14.6. The summed E-state index contributed by atoms with van der Waals surface area (Å²) in [5.41, 5.74) is 2.51. The zero-order chi connectivity index (χ0) is 14.7. The lowest BCUT2D eigenvalue weighted by Crippen LogP contribution is -2.06. The van der Waals surface area contributed by atoms with Gasteiger partial charge in [0.25, 0.3) is 0 Å². The molecule has 0 unspecified atom stereocenters. The Morgan fingerprint density at radius 1 is 1.45 bits per heavy atom. The Labute approximate surface area is 123 Å². The first-order valence-corrected chi connectivity index (χ1v) is 7.03. The quantitative estimate of drug-likeness (QED) is 0.918. The van der Waals surface area contributed by atoms with Crippen LogP contribution in [0.15, 0.2) is 24.3 Å². The molecule has 0 aliphatic carbocycles. The number of aromatic nitrogens is 2. The van der Waals surface area contributed by atoms with Gasteiger partial charge in [-0.05, 0) is 38.5 Å². The van der Waals surface area contributed by atoms with Gasteiger partial charge in [-0.15, -0.1) is 0 Å². The van der Waals surface area contributed by atoms with Crippen LogP contribution in [-0.2, 0) is 13.2 Å². The number of hydrogen-bond acceptors (Lipinski definition) is 3. The minimum atomic E-state index is -0.509. The van der Waals surface area contributed by atoms with Crippen molar-refractivity contribution in [2.75, 3.05) is 0 Å². The van der Waals surface area contributed by atoms with Gasteiger partial charge in [0.1, 0.15) is 12.4 Å². The van der Waals surface area contributed by atoms with Gasteiger partial charge in [0.2, 0.25) is 0 Å². The van der Waals surface area contributed by atoms with E-state index in [4.69, 9.17) is 16.3 Å². The summed E-state index contributed by atoms with van der Waals surface area (Å²) in [6.45, 7) is 6.73. The molecule has 2 rings (SSSR count). The summed E-state index contributed by atoms with van der Waals surface area (Å²) in [5.74, 6) is 0.709. The first-order chi connectivity index (χ1) is 9.52. The maximum Gasteiger partial charge on any atom is 0.131 e. The average molecular weight is 295 g/mol. The number of hydrogen-bond donors (Lipinski definition) is 1. The summed E-state index contributed by atoms with van der Waals surface area (Å²) < 4.78 is 7.61. The second kappa shape index (κ2) is 6.29. The van der Waals surface area contributed by atoms with E-state index in [0.29, 0.717) is 17.4 Å². The molecular formula is C15H19ClN2O2. The van der Waals surface area contributed by atoms with Crippen molar-refractivity contribution >= 4 is 11.6 Å². The van der Waals surface area contributed by atoms with Crippen LogP contribution >= 0.6 is 11.6 Å². The summed E-state index contributed by atoms with van der Waals surface area (Å²) in [6.07, 6.45) is -0.509. The van der Waals surface area contributed by atoms with Crippen molar-refractivity contribution in [3.8, 4) is 5.75 Å². The molecule has 5 heteroatoms. The normalized spacial score (nSPS) is 12.4. The molecule has 2 aromatic rings. The van der Waals surface area contributed by atoms with Crippen molar-refractivity contribution in [2.45, 2.75) is 40.0 Å². The van der Waals surface area contributed by atoms with Crippen LogP contribution in [0, 0.1) is 6.92 Å². The Kier molecular flexibility index (Phi) is 4.68. The number of rotatable bonds is 5. The van der Waals surface area contributed by atoms with Gasteiger partial charge in [-0.3, -0.25) is 4.68 Å². The highest BCUT2D eigenvalue weighted by Gasteiger charge is 2.13. The van der Waals surface area contributed by atoms with E-state index in [2.05, 4.69) is 5.10 Å². The summed E-state index contributed by atoms with van der Waals surface area (Å²) in [6, 6.07) is 7.42. The van der Waals surface area contributed by atoms with Crippen molar-refractivity contribution in [2.24, 2.45) is 0 Å². The van der Waals surface area contributed by atoms with E-state index >= 15 is 0 Å². The van der Waals surface area contributed by atoms with Gasteiger partial charge >= 0.3 is 0 Å². The molecule has 0 fully saturated rings. The minimum Gasteiger partial charge on any atom is -0.487 e. The zero-order valence-corrected chi connectivity index (χ0v) is 12.7. The highest BCUT2D eigenvalue weighted by atomic mass is 35.5. The number of halogens is 1. The second-order valence-corrected chi connectivity index (χ2v) is 5.08. The lowest BCUT2D eigenvalue weighted by molar-refractivity contribution is 0.198. The van der Waals surface area contributed by atoms with Crippen LogP contribution in [0.1, 0.15) is 36.9 Å². The number of aliphatic hydroxyl groups is 1. The smallest absolute Gasteiger partial charge is 0.131 e. The minimum absolute atomic E-state index is 0.358. The first-order valence-electron chi connectivity index (χ1n) is 6.65. The van der Waals surface area contributed by atoms with E-state index in [1.807, 2.05) is 42.8 Å². The molecule has 108 valence electrons. The number of nitrogens with zero attached hydrogens (tertiary/aromatic N) is 2. The fourth-order valence-electron chi connectivity index (χ4n) is 2.02. The van der Waals surface area contributed by atoms with E-state index < -0.39 is 6.10 Å². The fourth-order valence-corrected chi connectivity index (χ4v) is 2.21. The van der Waals surface area contributed by atoms with Crippen LogP contribution in [0.25, 0.3) is 0 Å². The molecule has 0 spiro atoms. The maximum atomic E-state index is 9.57. The van der Waals surface area contributed by atoms with E-state index in [0.717, 1.165) is 23.5 Å². The molecule has 1 aromatic heterocycles. The molecule has 0 bridgehead atoms. The summed E-state index contributed by atoms with van der Waals surface area (Å²) in [4.78, 5) is 0. The standard InChI is InChI=1S/C15H19ClN2O2/c1-4-18-14(15(16)10(2)17-18)9-20-13-7-5-6-12(8-13)11(3)19/h5-8,11,19H,4,9H2,1-3H3/t11-/m1/s1. The Bertz CT molecular complexity index is 594. The average Bonchev–Trinajstić information content (AvgIpc) is 2.72. The van der Waals surface area contributed by atoms with Crippen LogP contribution in [0.3, 0.4) is 0 Å². The first kappa shape index (κ1) is 14.9. The van der Waals surface area contributed by atoms with Crippen LogP contribution in [-0.4, -0.2) is 14.9 Å². The molecule has 0 saturated heterocycles. The number of ether oxygens (including phenoxy) is 1. The van der Waals surface area contributed by atoms with Crippen LogP contribution in [0.4, 0.5) is 0 Å². The van der Waals surface area contributed by atoms with Crippen molar-refractivity contribution in [1.29, 1.82) is 0 Å². The van der Waals surface area contributed by atoms with Gasteiger partial charge in [0.15, 0.2) is 0 Å². The Balaban J connectivity index is 2.15. The van der Waals surface area contributed by atoms with E-state index in [9.17, 15) is 5.11 Å². The highest BCUT2D eigenvalue weighted by molar-refractivity contribution is 6.31. The van der Waals surface area contributed by atoms with E-state index in [1.54, 1.807) is 6.92 Å². The van der Waals surface area contributed by atoms with Crippen molar-refractivity contribution in [1.82, 2.24) is 9.78 Å². The van der Waals surface area contributed by atoms with Gasteiger partial charge in [-0.25, -0.2) is 0 Å². The summed E-state index contributed by atoms with van der Waals surface area (Å²) >= 11 is 6.24. The predicted molar refractivity (Wildman–Crippen MR) is 79.1 cm³/mol. The maximum absolute atomic E-state index is 9.57. The molecule has 0 aliphatic heterocycles. The molecule has 1 heterocycles.